The van der Waals surface area contributed by atoms with E-state index in [1.807, 2.05) is 0 Å². The molecule has 7 nitrogen and oxygen atoms in total. The van der Waals surface area contributed by atoms with Crippen LogP contribution in [0.5, 0.6) is 0 Å². The van der Waals surface area contributed by atoms with Crippen molar-refractivity contribution in [2.45, 2.75) is 43.5 Å². The van der Waals surface area contributed by atoms with Gasteiger partial charge in [-0.05, 0) is 55.3 Å². The molecule has 0 spiro atoms. The Labute approximate surface area is 209 Å². The largest absolute Gasteiger partial charge is 0.443 e. The van der Waals surface area contributed by atoms with Crippen molar-refractivity contribution in [3.63, 3.8) is 0 Å². The molecule has 0 aliphatic rings. The number of rotatable bonds is 9. The lowest BCUT2D eigenvalue weighted by atomic mass is 10.0. The monoisotopic (exact) mass is 535 g/mol. The van der Waals surface area contributed by atoms with Gasteiger partial charge in [0.1, 0.15) is 11.4 Å². The highest BCUT2D eigenvalue weighted by molar-refractivity contribution is 7.89. The number of Topliss-reactive ketones (excluding diaryl/α,β-unsaturated/α-hetero) is 1. The molecule has 1 N–H and O–H groups in total. The summed E-state index contributed by atoms with van der Waals surface area (Å²) in [5, 5.41) is -0.161. The van der Waals surface area contributed by atoms with Crippen molar-refractivity contribution in [3.8, 4) is 11.3 Å². The fraction of sp³-hybridized carbons (Fsp3) is 0.240. The summed E-state index contributed by atoms with van der Waals surface area (Å²) in [4.78, 5) is 20.9. The number of furan rings is 1. The van der Waals surface area contributed by atoms with Gasteiger partial charge in [0.25, 0.3) is 10.0 Å². The molecule has 4 aromatic rings. The van der Waals surface area contributed by atoms with Crippen LogP contribution in [-0.2, 0) is 27.4 Å². The van der Waals surface area contributed by atoms with Crippen LogP contribution in [-0.4, -0.2) is 30.2 Å². The average molecular weight is 536 g/mol. The Kier molecular flexibility index (Phi) is 7.42. The molecule has 194 valence electrons. The number of hydrogen-bond acceptors (Lipinski definition) is 6. The second-order valence-corrected chi connectivity index (χ2v) is 9.91. The number of halogens is 4. The third-order valence-electron chi connectivity index (χ3n) is 5.65. The zero-order valence-corrected chi connectivity index (χ0v) is 20.2. The smallest absolute Gasteiger partial charge is 0.417 e. The van der Waals surface area contributed by atoms with E-state index in [-0.39, 0.29) is 36.0 Å². The molecule has 0 aliphatic carbocycles. The number of carbonyl (C=O) groups is 1. The summed E-state index contributed by atoms with van der Waals surface area (Å²) in [6, 6.07) is 9.13. The summed E-state index contributed by atoms with van der Waals surface area (Å²) >= 11 is 0. The van der Waals surface area contributed by atoms with Crippen LogP contribution in [0.4, 0.5) is 17.6 Å². The number of fused-ring (bicyclic) bond motifs is 1. The summed E-state index contributed by atoms with van der Waals surface area (Å²) in [5.41, 5.74) is 0.659. The molecule has 0 aliphatic heterocycles. The van der Waals surface area contributed by atoms with E-state index in [0.717, 1.165) is 24.4 Å². The molecule has 3 aromatic heterocycles. The van der Waals surface area contributed by atoms with Gasteiger partial charge >= 0.3 is 6.18 Å². The number of alkyl halides is 3. The van der Waals surface area contributed by atoms with E-state index in [4.69, 9.17) is 4.42 Å². The number of aryl methyl sites for hydroxylation is 1. The molecule has 0 bridgehead atoms. The van der Waals surface area contributed by atoms with E-state index in [1.165, 1.54) is 24.4 Å². The molecule has 0 saturated carbocycles. The van der Waals surface area contributed by atoms with E-state index in [1.54, 1.807) is 19.1 Å². The van der Waals surface area contributed by atoms with E-state index in [0.29, 0.717) is 17.0 Å². The Balaban J connectivity index is 1.42. The van der Waals surface area contributed by atoms with Gasteiger partial charge in [-0.2, -0.15) is 17.9 Å². The highest BCUT2D eigenvalue weighted by Gasteiger charge is 2.31. The molecule has 0 saturated heterocycles. The predicted molar refractivity (Wildman–Crippen MR) is 126 cm³/mol. The molecule has 3 heterocycles. The van der Waals surface area contributed by atoms with Gasteiger partial charge < -0.3 is 4.42 Å². The fourth-order valence-electron chi connectivity index (χ4n) is 3.68. The summed E-state index contributed by atoms with van der Waals surface area (Å²) in [7, 11) is -4.20. The normalized spacial score (nSPS) is 13.1. The first-order valence-electron chi connectivity index (χ1n) is 11.2. The van der Waals surface area contributed by atoms with Crippen molar-refractivity contribution in [3.05, 3.63) is 78.0 Å². The Morgan fingerprint density at radius 2 is 1.86 bits per heavy atom. The Bertz CT molecular complexity index is 1530. The van der Waals surface area contributed by atoms with Crippen LogP contribution in [0.2, 0.25) is 0 Å². The van der Waals surface area contributed by atoms with Crippen LogP contribution >= 0.6 is 0 Å². The number of hydrogen-bond donors (Lipinski definition) is 1. The summed E-state index contributed by atoms with van der Waals surface area (Å²) in [6.45, 7) is 1.65. The zero-order valence-electron chi connectivity index (χ0n) is 19.4. The Morgan fingerprint density at radius 3 is 2.54 bits per heavy atom. The van der Waals surface area contributed by atoms with Crippen LogP contribution < -0.4 is 4.72 Å². The number of sulfonamides is 1. The lowest BCUT2D eigenvalue weighted by Crippen LogP contribution is -2.40. The fourth-order valence-corrected chi connectivity index (χ4v) is 4.95. The molecular formula is C25H21F4N3O4S. The number of pyridine rings is 2. The Morgan fingerprint density at radius 1 is 1.08 bits per heavy atom. The molecule has 4 rings (SSSR count). The minimum absolute atomic E-state index is 0.0384. The van der Waals surface area contributed by atoms with Crippen LogP contribution in [0.15, 0.2) is 70.4 Å². The molecular weight excluding hydrogens is 514 g/mol. The van der Waals surface area contributed by atoms with Gasteiger partial charge in [0.2, 0.25) is 5.09 Å². The van der Waals surface area contributed by atoms with Crippen molar-refractivity contribution < 1.29 is 35.2 Å². The van der Waals surface area contributed by atoms with Gasteiger partial charge in [-0.15, -0.1) is 0 Å². The Hall–Kier alpha value is -3.64. The van der Waals surface area contributed by atoms with Crippen LogP contribution in [0.1, 0.15) is 31.0 Å². The van der Waals surface area contributed by atoms with Crippen molar-refractivity contribution in [2.24, 2.45) is 0 Å². The maximum atomic E-state index is 13.4. The lowest BCUT2D eigenvalue weighted by molar-refractivity contribution is -0.137. The number of carbonyl (C=O) groups excluding carboxylic acids is 1. The quantitative estimate of drug-likeness (QED) is 0.292. The van der Waals surface area contributed by atoms with E-state index >= 15 is 0 Å². The maximum Gasteiger partial charge on any atom is 0.417 e. The van der Waals surface area contributed by atoms with Gasteiger partial charge in [0.15, 0.2) is 5.78 Å². The maximum absolute atomic E-state index is 13.4. The summed E-state index contributed by atoms with van der Waals surface area (Å²) in [6.07, 6.45) is -1.97. The number of nitrogens with zero attached hydrogens (tertiary/aromatic N) is 2. The molecule has 1 aromatic carbocycles. The first kappa shape index (κ1) is 26.4. The minimum atomic E-state index is -4.49. The summed E-state index contributed by atoms with van der Waals surface area (Å²) in [5.74, 6) is -0.924. The minimum Gasteiger partial charge on any atom is -0.443 e. The third-order valence-corrected chi connectivity index (χ3v) is 6.97. The average Bonchev–Trinajstić information content (AvgIpc) is 3.30. The van der Waals surface area contributed by atoms with Crippen molar-refractivity contribution in [2.75, 3.05) is 0 Å². The van der Waals surface area contributed by atoms with Gasteiger partial charge in [-0.3, -0.25) is 14.8 Å². The van der Waals surface area contributed by atoms with Gasteiger partial charge in [-0.1, -0.05) is 6.92 Å². The molecule has 0 amide bonds. The van der Waals surface area contributed by atoms with Crippen LogP contribution in [0, 0.1) is 5.82 Å². The number of aromatic nitrogens is 2. The van der Waals surface area contributed by atoms with E-state index < -0.39 is 38.7 Å². The van der Waals surface area contributed by atoms with Crippen LogP contribution in [0.3, 0.4) is 0 Å². The van der Waals surface area contributed by atoms with Crippen LogP contribution in [0.25, 0.3) is 22.2 Å². The standard InChI is InChI=1S/C25H21F4N3O4S/c1-2-20(32-37(34,35)24-13-16-11-18(26)4-8-23(16)36-24)22(33)7-5-19-12-15(9-10-30-19)21-6-3-17(14-31-21)25(27,28)29/h3-4,6,8-14,20,32H,2,5,7H2,1H3/t20-/m0/s1. The molecule has 37 heavy (non-hydrogen) atoms. The van der Waals surface area contributed by atoms with Gasteiger partial charge in [0.05, 0.1) is 17.3 Å². The molecule has 1 atom stereocenters. The molecule has 12 heteroatoms. The predicted octanol–water partition coefficient (Wildman–Crippen LogP) is 5.31. The first-order valence-corrected chi connectivity index (χ1v) is 12.7. The third kappa shape index (κ3) is 6.20. The number of benzene rings is 1. The van der Waals surface area contributed by atoms with E-state index in [2.05, 4.69) is 14.7 Å². The molecule has 0 fully saturated rings. The molecule has 0 radical (unpaired) electrons. The van der Waals surface area contributed by atoms with E-state index in [9.17, 15) is 30.8 Å². The first-order chi connectivity index (χ1) is 17.5. The van der Waals surface area contributed by atoms with Gasteiger partial charge in [-0.25, -0.2) is 12.8 Å². The topological polar surface area (TPSA) is 102 Å². The number of ketones is 1. The van der Waals surface area contributed by atoms with Gasteiger partial charge in [0, 0.05) is 41.5 Å². The summed E-state index contributed by atoms with van der Waals surface area (Å²) < 4.78 is 85.0. The highest BCUT2D eigenvalue weighted by Crippen LogP contribution is 2.30. The number of nitrogens with one attached hydrogen (secondary N) is 1. The zero-order chi connectivity index (χ0) is 26.8. The van der Waals surface area contributed by atoms with Crippen molar-refractivity contribution >= 4 is 26.8 Å². The SMILES string of the molecule is CC[C@H](NS(=O)(=O)c1cc2cc(F)ccc2o1)C(=O)CCc1cc(-c2ccc(C(F)(F)F)cn2)ccn1. The van der Waals surface area contributed by atoms with Crippen molar-refractivity contribution in [1.29, 1.82) is 0 Å². The second kappa shape index (κ2) is 10.4. The highest BCUT2D eigenvalue weighted by atomic mass is 32.2. The lowest BCUT2D eigenvalue weighted by Gasteiger charge is -2.15. The second-order valence-electron chi connectivity index (χ2n) is 8.26. The molecule has 0 unspecified atom stereocenters. The van der Waals surface area contributed by atoms with Crippen molar-refractivity contribution in [1.82, 2.24) is 14.7 Å².